The monoisotopic (exact) mass is 448 g/mol. The van der Waals surface area contributed by atoms with Crippen LogP contribution in [0.15, 0.2) is 23.1 Å². The van der Waals surface area contributed by atoms with Crippen LogP contribution in [0.2, 0.25) is 10.0 Å². The van der Waals surface area contributed by atoms with E-state index in [1.807, 2.05) is 4.90 Å². The highest BCUT2D eigenvalue weighted by atomic mass is 35.5. The van der Waals surface area contributed by atoms with E-state index in [2.05, 4.69) is 10.6 Å². The Morgan fingerprint density at radius 3 is 2.32 bits per heavy atom. The lowest BCUT2D eigenvalue weighted by Gasteiger charge is -2.36. The van der Waals surface area contributed by atoms with E-state index in [9.17, 15) is 18.0 Å². The molecular formula is C17H22Cl2N4O4S. The standard InChI is InChI=1S/C17H22Cl2N4O4S/c1-11(16(24)21-17(25)20-12-2-3-12)22-6-8-23(9-7-22)28(26,27)13-4-5-14(18)15(19)10-13/h4-5,10-12H,2-3,6-9H2,1H3,(H2,20,21,24,25). The zero-order valence-electron chi connectivity index (χ0n) is 15.3. The van der Waals surface area contributed by atoms with Crippen LogP contribution in [0, 0.1) is 0 Å². The number of amides is 3. The Balaban J connectivity index is 1.56. The zero-order valence-corrected chi connectivity index (χ0v) is 17.6. The second-order valence-corrected chi connectivity index (χ2v) is 9.68. The van der Waals surface area contributed by atoms with E-state index in [0.29, 0.717) is 13.1 Å². The summed E-state index contributed by atoms with van der Waals surface area (Å²) in [5, 5.41) is 5.50. The second-order valence-electron chi connectivity index (χ2n) is 6.93. The van der Waals surface area contributed by atoms with Gasteiger partial charge < -0.3 is 5.32 Å². The molecule has 1 saturated carbocycles. The highest BCUT2D eigenvalue weighted by molar-refractivity contribution is 7.89. The molecule has 1 aliphatic carbocycles. The number of carbonyl (C=O) groups is 2. The molecule has 1 aromatic carbocycles. The predicted molar refractivity (Wildman–Crippen MR) is 106 cm³/mol. The lowest BCUT2D eigenvalue weighted by atomic mass is 10.2. The molecule has 1 unspecified atom stereocenters. The van der Waals surface area contributed by atoms with Crippen LogP contribution in [0.1, 0.15) is 19.8 Å². The fourth-order valence-corrected chi connectivity index (χ4v) is 4.76. The maximum atomic E-state index is 12.8. The zero-order chi connectivity index (χ0) is 20.5. The highest BCUT2D eigenvalue weighted by Gasteiger charge is 2.33. The summed E-state index contributed by atoms with van der Waals surface area (Å²) >= 11 is 11.8. The van der Waals surface area contributed by atoms with Crippen molar-refractivity contribution in [3.8, 4) is 0 Å². The molecule has 0 aromatic heterocycles. The van der Waals surface area contributed by atoms with Crippen LogP contribution in [0.25, 0.3) is 0 Å². The molecule has 1 aromatic rings. The van der Waals surface area contributed by atoms with Gasteiger partial charge >= 0.3 is 6.03 Å². The molecule has 2 N–H and O–H groups in total. The first-order valence-corrected chi connectivity index (χ1v) is 11.2. The first-order chi connectivity index (χ1) is 13.2. The number of carbonyl (C=O) groups excluding carboxylic acids is 2. The molecule has 3 rings (SSSR count). The number of piperazine rings is 1. The van der Waals surface area contributed by atoms with Crippen LogP contribution in [0.5, 0.6) is 0 Å². The molecule has 1 aliphatic heterocycles. The van der Waals surface area contributed by atoms with Crippen molar-refractivity contribution >= 4 is 45.2 Å². The Morgan fingerprint density at radius 2 is 1.75 bits per heavy atom. The van der Waals surface area contributed by atoms with E-state index in [4.69, 9.17) is 23.2 Å². The van der Waals surface area contributed by atoms with E-state index in [-0.39, 0.29) is 34.1 Å². The number of nitrogens with one attached hydrogen (secondary N) is 2. The number of benzene rings is 1. The quantitative estimate of drug-likeness (QED) is 0.713. The van der Waals surface area contributed by atoms with Crippen LogP contribution in [-0.4, -0.2) is 67.8 Å². The van der Waals surface area contributed by atoms with Crippen LogP contribution in [0.3, 0.4) is 0 Å². The molecule has 0 bridgehead atoms. The summed E-state index contributed by atoms with van der Waals surface area (Å²) in [7, 11) is -3.70. The van der Waals surface area contributed by atoms with Crippen molar-refractivity contribution in [1.29, 1.82) is 0 Å². The molecule has 2 fully saturated rings. The minimum atomic E-state index is -3.70. The largest absolute Gasteiger partial charge is 0.335 e. The number of hydrogen-bond donors (Lipinski definition) is 2. The Bertz CT molecular complexity index is 868. The highest BCUT2D eigenvalue weighted by Crippen LogP contribution is 2.27. The van der Waals surface area contributed by atoms with Crippen molar-refractivity contribution in [3.63, 3.8) is 0 Å². The Morgan fingerprint density at radius 1 is 1.11 bits per heavy atom. The molecule has 1 heterocycles. The SMILES string of the molecule is CC(C(=O)NC(=O)NC1CC1)N1CCN(S(=O)(=O)c2ccc(Cl)c(Cl)c2)CC1. The van der Waals surface area contributed by atoms with Gasteiger partial charge in [-0.15, -0.1) is 0 Å². The lowest BCUT2D eigenvalue weighted by Crippen LogP contribution is -2.56. The maximum Gasteiger partial charge on any atom is 0.321 e. The van der Waals surface area contributed by atoms with Gasteiger partial charge in [0.05, 0.1) is 21.0 Å². The van der Waals surface area contributed by atoms with Gasteiger partial charge in [0.2, 0.25) is 15.9 Å². The predicted octanol–water partition coefficient (Wildman–Crippen LogP) is 1.68. The summed E-state index contributed by atoms with van der Waals surface area (Å²) in [5.74, 6) is -0.404. The fourth-order valence-electron chi connectivity index (χ4n) is 2.95. The average molecular weight is 449 g/mol. The Hall–Kier alpha value is -1.39. The second kappa shape index (κ2) is 8.54. The topological polar surface area (TPSA) is 98.8 Å². The normalized spacial score (nSPS) is 19.8. The number of sulfonamides is 1. The van der Waals surface area contributed by atoms with E-state index in [0.717, 1.165) is 12.8 Å². The van der Waals surface area contributed by atoms with Crippen molar-refractivity contribution in [2.24, 2.45) is 0 Å². The molecule has 0 radical (unpaired) electrons. The van der Waals surface area contributed by atoms with Gasteiger partial charge in [-0.3, -0.25) is 15.0 Å². The van der Waals surface area contributed by atoms with E-state index in [1.54, 1.807) is 6.92 Å². The molecule has 1 saturated heterocycles. The van der Waals surface area contributed by atoms with Gasteiger partial charge in [-0.25, -0.2) is 13.2 Å². The number of hydrogen-bond acceptors (Lipinski definition) is 5. The third kappa shape index (κ3) is 4.96. The Kier molecular flexibility index (Phi) is 6.51. The van der Waals surface area contributed by atoms with E-state index < -0.39 is 28.0 Å². The average Bonchev–Trinajstić information content (AvgIpc) is 3.47. The third-order valence-corrected chi connectivity index (χ3v) is 7.51. The van der Waals surface area contributed by atoms with Crippen molar-refractivity contribution in [1.82, 2.24) is 19.8 Å². The van der Waals surface area contributed by atoms with Crippen molar-refractivity contribution < 1.29 is 18.0 Å². The minimum absolute atomic E-state index is 0.0814. The van der Waals surface area contributed by atoms with Crippen molar-refractivity contribution in [2.75, 3.05) is 26.2 Å². The van der Waals surface area contributed by atoms with Gasteiger partial charge in [0.25, 0.3) is 0 Å². The molecule has 8 nitrogen and oxygen atoms in total. The molecule has 2 aliphatic rings. The summed E-state index contributed by atoms with van der Waals surface area (Å²) in [6.45, 7) is 2.91. The van der Waals surface area contributed by atoms with Crippen LogP contribution in [-0.2, 0) is 14.8 Å². The smallest absolute Gasteiger partial charge is 0.321 e. The van der Waals surface area contributed by atoms with E-state index in [1.165, 1.54) is 22.5 Å². The third-order valence-electron chi connectivity index (χ3n) is 4.88. The van der Waals surface area contributed by atoms with Gasteiger partial charge in [0, 0.05) is 32.2 Å². The number of nitrogens with zero attached hydrogens (tertiary/aromatic N) is 2. The van der Waals surface area contributed by atoms with Gasteiger partial charge in [-0.05, 0) is 38.0 Å². The summed E-state index contributed by atoms with van der Waals surface area (Å²) in [4.78, 5) is 25.9. The summed E-state index contributed by atoms with van der Waals surface area (Å²) in [6, 6.07) is 3.34. The summed E-state index contributed by atoms with van der Waals surface area (Å²) in [5.41, 5.74) is 0. The van der Waals surface area contributed by atoms with Crippen LogP contribution in [0.4, 0.5) is 4.79 Å². The number of rotatable bonds is 5. The molecule has 154 valence electrons. The van der Waals surface area contributed by atoms with E-state index >= 15 is 0 Å². The number of imide groups is 1. The molecule has 1 atom stereocenters. The number of halogens is 2. The first-order valence-electron chi connectivity index (χ1n) is 8.99. The lowest BCUT2D eigenvalue weighted by molar-refractivity contribution is -0.125. The van der Waals surface area contributed by atoms with Crippen molar-refractivity contribution in [3.05, 3.63) is 28.2 Å². The van der Waals surface area contributed by atoms with Crippen LogP contribution >= 0.6 is 23.2 Å². The molecule has 28 heavy (non-hydrogen) atoms. The summed E-state index contributed by atoms with van der Waals surface area (Å²) in [6.07, 6.45) is 1.87. The van der Waals surface area contributed by atoms with Gasteiger partial charge in [0.1, 0.15) is 0 Å². The Labute approximate surface area is 174 Å². The molecular weight excluding hydrogens is 427 g/mol. The van der Waals surface area contributed by atoms with Crippen molar-refractivity contribution in [2.45, 2.75) is 36.7 Å². The molecule has 11 heteroatoms. The van der Waals surface area contributed by atoms with Gasteiger partial charge in [-0.2, -0.15) is 4.31 Å². The van der Waals surface area contributed by atoms with Gasteiger partial charge in [0.15, 0.2) is 0 Å². The van der Waals surface area contributed by atoms with Crippen LogP contribution < -0.4 is 10.6 Å². The first kappa shape index (κ1) is 21.3. The summed E-state index contributed by atoms with van der Waals surface area (Å²) < 4.78 is 26.9. The minimum Gasteiger partial charge on any atom is -0.335 e. The fraction of sp³-hybridized carbons (Fsp3) is 0.529. The number of urea groups is 1. The molecule has 0 spiro atoms. The maximum absolute atomic E-state index is 12.8. The molecule has 3 amide bonds. The van der Waals surface area contributed by atoms with Gasteiger partial charge in [-0.1, -0.05) is 23.2 Å².